The molecule has 0 radical (unpaired) electrons. The Bertz CT molecular complexity index is 438. The molecule has 1 N–H and O–H groups in total. The lowest BCUT2D eigenvalue weighted by molar-refractivity contribution is -0.132. The third-order valence-corrected chi connectivity index (χ3v) is 4.09. The second-order valence-electron chi connectivity index (χ2n) is 5.48. The van der Waals surface area contributed by atoms with Gasteiger partial charge in [0.15, 0.2) is 0 Å². The first-order chi connectivity index (χ1) is 9.83. The molecule has 20 heavy (non-hydrogen) atoms. The zero-order valence-electron chi connectivity index (χ0n) is 11.7. The van der Waals surface area contributed by atoms with Crippen LogP contribution in [-0.2, 0) is 4.79 Å². The molecule has 6 heteroatoms. The van der Waals surface area contributed by atoms with Gasteiger partial charge in [-0.25, -0.2) is 9.97 Å². The summed E-state index contributed by atoms with van der Waals surface area (Å²) in [6.45, 7) is 5.23. The van der Waals surface area contributed by atoms with Gasteiger partial charge in [0.25, 0.3) is 0 Å². The van der Waals surface area contributed by atoms with E-state index in [1.165, 1.54) is 0 Å². The highest BCUT2D eigenvalue weighted by Gasteiger charge is 2.25. The minimum Gasteiger partial charge on any atom is -0.339 e. The van der Waals surface area contributed by atoms with Gasteiger partial charge >= 0.3 is 0 Å². The third-order valence-electron chi connectivity index (χ3n) is 4.09. The maximum absolute atomic E-state index is 12.2. The Balaban J connectivity index is 1.49. The van der Waals surface area contributed by atoms with Crippen LogP contribution in [0.1, 0.15) is 12.8 Å². The molecule has 6 nitrogen and oxygen atoms in total. The minimum atomic E-state index is 0.298. The lowest BCUT2D eigenvalue weighted by atomic mass is 10.0. The van der Waals surface area contributed by atoms with E-state index < -0.39 is 0 Å². The zero-order valence-corrected chi connectivity index (χ0v) is 11.7. The Hall–Kier alpha value is -1.69. The normalized spacial score (nSPS) is 23.1. The van der Waals surface area contributed by atoms with Crippen LogP contribution in [0.25, 0.3) is 0 Å². The fraction of sp³-hybridized carbons (Fsp3) is 0.643. The largest absolute Gasteiger partial charge is 0.339 e. The van der Waals surface area contributed by atoms with Gasteiger partial charge in [-0.3, -0.25) is 4.79 Å². The number of rotatable bonds is 3. The maximum Gasteiger partial charge on any atom is 0.225 e. The molecular weight excluding hydrogens is 254 g/mol. The smallest absolute Gasteiger partial charge is 0.225 e. The lowest BCUT2D eigenvalue weighted by Gasteiger charge is -2.35. The molecule has 1 aromatic rings. The van der Waals surface area contributed by atoms with E-state index in [0.29, 0.717) is 18.2 Å². The molecule has 3 rings (SSSR count). The highest BCUT2D eigenvalue weighted by atomic mass is 16.2. The summed E-state index contributed by atoms with van der Waals surface area (Å²) in [5.41, 5.74) is 0. The molecule has 2 fully saturated rings. The van der Waals surface area contributed by atoms with Crippen molar-refractivity contribution in [3.05, 3.63) is 18.5 Å². The average molecular weight is 275 g/mol. The SMILES string of the molecule is O=C(CC1CCNC1)N1CCN(c2ncccn2)CC1. The molecule has 0 aromatic carbocycles. The first-order valence-electron chi connectivity index (χ1n) is 7.33. The monoisotopic (exact) mass is 275 g/mol. The molecule has 2 aliphatic heterocycles. The first kappa shape index (κ1) is 13.3. The van der Waals surface area contributed by atoms with Gasteiger partial charge in [0.1, 0.15) is 0 Å². The molecule has 3 heterocycles. The highest BCUT2D eigenvalue weighted by Crippen LogP contribution is 2.16. The van der Waals surface area contributed by atoms with Gasteiger partial charge in [0, 0.05) is 45.0 Å². The topological polar surface area (TPSA) is 61.4 Å². The molecule has 2 saturated heterocycles. The Labute approximate surface area is 119 Å². The van der Waals surface area contributed by atoms with E-state index in [-0.39, 0.29) is 0 Å². The van der Waals surface area contributed by atoms with Crippen LogP contribution in [0.5, 0.6) is 0 Å². The fourth-order valence-electron chi connectivity index (χ4n) is 2.88. The molecule has 108 valence electrons. The van der Waals surface area contributed by atoms with E-state index in [1.54, 1.807) is 12.4 Å². The van der Waals surface area contributed by atoms with Crippen LogP contribution in [0.2, 0.25) is 0 Å². The first-order valence-corrected chi connectivity index (χ1v) is 7.33. The van der Waals surface area contributed by atoms with Crippen LogP contribution < -0.4 is 10.2 Å². The van der Waals surface area contributed by atoms with Crippen molar-refractivity contribution in [2.24, 2.45) is 5.92 Å². The van der Waals surface area contributed by atoms with Crippen LogP contribution in [0.3, 0.4) is 0 Å². The third kappa shape index (κ3) is 3.07. The van der Waals surface area contributed by atoms with Crippen molar-refractivity contribution in [2.45, 2.75) is 12.8 Å². The second-order valence-corrected chi connectivity index (χ2v) is 5.48. The molecule has 1 unspecified atom stereocenters. The van der Waals surface area contributed by atoms with Crippen molar-refractivity contribution >= 4 is 11.9 Å². The van der Waals surface area contributed by atoms with Crippen molar-refractivity contribution in [1.82, 2.24) is 20.2 Å². The number of hydrogen-bond donors (Lipinski definition) is 1. The molecule has 1 aromatic heterocycles. The molecule has 0 aliphatic carbocycles. The van der Waals surface area contributed by atoms with E-state index in [4.69, 9.17) is 0 Å². The number of aromatic nitrogens is 2. The molecule has 0 bridgehead atoms. The van der Waals surface area contributed by atoms with Gasteiger partial charge in [0.2, 0.25) is 11.9 Å². The van der Waals surface area contributed by atoms with Gasteiger partial charge in [-0.15, -0.1) is 0 Å². The Morgan fingerprint density at radius 1 is 1.25 bits per heavy atom. The molecule has 2 aliphatic rings. The van der Waals surface area contributed by atoms with Crippen LogP contribution >= 0.6 is 0 Å². The number of nitrogens with zero attached hydrogens (tertiary/aromatic N) is 4. The maximum atomic E-state index is 12.2. The van der Waals surface area contributed by atoms with Crippen molar-refractivity contribution in [3.63, 3.8) is 0 Å². The van der Waals surface area contributed by atoms with Crippen molar-refractivity contribution < 1.29 is 4.79 Å². The minimum absolute atomic E-state index is 0.298. The summed E-state index contributed by atoms with van der Waals surface area (Å²) in [5, 5.41) is 3.31. The van der Waals surface area contributed by atoms with Gasteiger partial charge < -0.3 is 15.1 Å². The average Bonchev–Trinajstić information content (AvgIpc) is 3.01. The summed E-state index contributed by atoms with van der Waals surface area (Å²) < 4.78 is 0. The van der Waals surface area contributed by atoms with Gasteiger partial charge in [-0.1, -0.05) is 0 Å². The fourth-order valence-corrected chi connectivity index (χ4v) is 2.88. The highest BCUT2D eigenvalue weighted by molar-refractivity contribution is 5.76. The standard InChI is InChI=1S/C14H21N5O/c20-13(10-12-2-5-15-11-12)18-6-8-19(9-7-18)14-16-3-1-4-17-14/h1,3-4,12,15H,2,5-11H2. The lowest BCUT2D eigenvalue weighted by Crippen LogP contribution is -2.49. The predicted molar refractivity (Wildman–Crippen MR) is 76.4 cm³/mol. The number of amides is 1. The Kier molecular flexibility index (Phi) is 4.11. The Morgan fingerprint density at radius 3 is 2.65 bits per heavy atom. The van der Waals surface area contributed by atoms with Crippen LogP contribution in [0.15, 0.2) is 18.5 Å². The second kappa shape index (κ2) is 6.17. The van der Waals surface area contributed by atoms with Gasteiger partial charge in [-0.05, 0) is 31.5 Å². The zero-order chi connectivity index (χ0) is 13.8. The quantitative estimate of drug-likeness (QED) is 0.849. The van der Waals surface area contributed by atoms with E-state index in [1.807, 2.05) is 11.0 Å². The Morgan fingerprint density at radius 2 is 2.00 bits per heavy atom. The van der Waals surface area contributed by atoms with Crippen LogP contribution in [-0.4, -0.2) is 60.0 Å². The van der Waals surface area contributed by atoms with Crippen LogP contribution in [0.4, 0.5) is 5.95 Å². The molecule has 1 amide bonds. The summed E-state index contributed by atoms with van der Waals surface area (Å²) >= 11 is 0. The van der Waals surface area contributed by atoms with E-state index >= 15 is 0 Å². The number of hydrogen-bond acceptors (Lipinski definition) is 5. The van der Waals surface area contributed by atoms with E-state index in [9.17, 15) is 4.79 Å². The van der Waals surface area contributed by atoms with Crippen LogP contribution in [0, 0.1) is 5.92 Å². The summed E-state index contributed by atoms with van der Waals surface area (Å²) in [5.74, 6) is 1.59. The van der Waals surface area contributed by atoms with E-state index in [2.05, 4.69) is 20.2 Å². The number of piperazine rings is 1. The summed E-state index contributed by atoms with van der Waals surface area (Å²) in [7, 11) is 0. The molecule has 0 spiro atoms. The number of carbonyl (C=O) groups excluding carboxylic acids is 1. The van der Waals surface area contributed by atoms with Gasteiger partial charge in [0.05, 0.1) is 0 Å². The van der Waals surface area contributed by atoms with E-state index in [0.717, 1.165) is 51.6 Å². The van der Waals surface area contributed by atoms with Crippen molar-refractivity contribution in [1.29, 1.82) is 0 Å². The van der Waals surface area contributed by atoms with Crippen molar-refractivity contribution in [2.75, 3.05) is 44.2 Å². The number of nitrogens with one attached hydrogen (secondary N) is 1. The van der Waals surface area contributed by atoms with Gasteiger partial charge in [-0.2, -0.15) is 0 Å². The predicted octanol–water partition coefficient (Wildman–Crippen LogP) is 0.125. The molecular formula is C14H21N5O. The molecule has 0 saturated carbocycles. The summed E-state index contributed by atoms with van der Waals surface area (Å²) in [6, 6.07) is 1.82. The summed E-state index contributed by atoms with van der Waals surface area (Å²) in [6.07, 6.45) is 5.33. The summed E-state index contributed by atoms with van der Waals surface area (Å²) in [4.78, 5) is 24.9. The number of carbonyl (C=O) groups is 1. The van der Waals surface area contributed by atoms with Crippen molar-refractivity contribution in [3.8, 4) is 0 Å². The number of anilines is 1. The molecule has 1 atom stereocenters.